The van der Waals surface area contributed by atoms with Gasteiger partial charge >= 0.3 is 5.97 Å². The lowest BCUT2D eigenvalue weighted by molar-refractivity contribution is -0.148. The van der Waals surface area contributed by atoms with Gasteiger partial charge in [-0.15, -0.1) is 0 Å². The SMILES string of the molecule is CCOC(=O)[C@@H](CC(C)C)NC(=O)CC1CCN(C)CC1. The van der Waals surface area contributed by atoms with Crippen molar-refractivity contribution in [2.24, 2.45) is 11.8 Å². The van der Waals surface area contributed by atoms with E-state index in [-0.39, 0.29) is 11.9 Å². The summed E-state index contributed by atoms with van der Waals surface area (Å²) in [6.45, 7) is 8.30. The molecule has 0 saturated carbocycles. The number of piperidine rings is 1. The maximum atomic E-state index is 12.2. The van der Waals surface area contributed by atoms with Gasteiger partial charge in [-0.1, -0.05) is 13.8 Å². The van der Waals surface area contributed by atoms with Gasteiger partial charge in [-0.3, -0.25) is 4.79 Å². The Morgan fingerprint density at radius 2 is 1.90 bits per heavy atom. The van der Waals surface area contributed by atoms with Crippen molar-refractivity contribution in [3.8, 4) is 0 Å². The van der Waals surface area contributed by atoms with Crippen molar-refractivity contribution in [2.75, 3.05) is 26.7 Å². The molecule has 1 aliphatic rings. The lowest BCUT2D eigenvalue weighted by Crippen LogP contribution is -2.43. The largest absolute Gasteiger partial charge is 0.464 e. The minimum Gasteiger partial charge on any atom is -0.464 e. The van der Waals surface area contributed by atoms with E-state index in [9.17, 15) is 9.59 Å². The Kier molecular flexibility index (Phi) is 7.72. The van der Waals surface area contributed by atoms with Crippen LogP contribution in [0.1, 0.15) is 46.5 Å². The van der Waals surface area contributed by atoms with Gasteiger partial charge in [0.1, 0.15) is 6.04 Å². The van der Waals surface area contributed by atoms with E-state index < -0.39 is 6.04 Å². The number of hydrogen-bond donors (Lipinski definition) is 1. The van der Waals surface area contributed by atoms with Gasteiger partial charge in [0, 0.05) is 6.42 Å². The number of hydrogen-bond acceptors (Lipinski definition) is 4. The molecule has 1 heterocycles. The van der Waals surface area contributed by atoms with Gasteiger partial charge in [-0.05, 0) is 58.2 Å². The summed E-state index contributed by atoms with van der Waals surface area (Å²) in [6.07, 6.45) is 3.25. The summed E-state index contributed by atoms with van der Waals surface area (Å²) in [5, 5.41) is 2.86. The molecule has 0 aromatic rings. The highest BCUT2D eigenvalue weighted by molar-refractivity contribution is 5.84. The molecule has 1 fully saturated rings. The second-order valence-electron chi connectivity index (χ2n) is 6.45. The van der Waals surface area contributed by atoms with Crippen LogP contribution < -0.4 is 5.32 Å². The predicted octanol–water partition coefficient (Wildman–Crippen LogP) is 1.81. The summed E-state index contributed by atoms with van der Waals surface area (Å²) >= 11 is 0. The Bertz CT molecular complexity index is 336. The Morgan fingerprint density at radius 1 is 1.29 bits per heavy atom. The molecule has 5 heteroatoms. The van der Waals surface area contributed by atoms with Gasteiger partial charge in [-0.2, -0.15) is 0 Å². The smallest absolute Gasteiger partial charge is 0.328 e. The van der Waals surface area contributed by atoms with E-state index in [1.165, 1.54) is 0 Å². The van der Waals surface area contributed by atoms with Crippen LogP contribution in [-0.4, -0.2) is 49.6 Å². The first kappa shape index (κ1) is 18.0. The molecule has 1 atom stereocenters. The van der Waals surface area contributed by atoms with E-state index in [4.69, 9.17) is 4.74 Å². The van der Waals surface area contributed by atoms with Gasteiger partial charge in [0.25, 0.3) is 0 Å². The first-order valence-corrected chi connectivity index (χ1v) is 8.06. The van der Waals surface area contributed by atoms with Crippen molar-refractivity contribution in [1.82, 2.24) is 10.2 Å². The Labute approximate surface area is 128 Å². The van der Waals surface area contributed by atoms with Gasteiger partial charge in [0.2, 0.25) is 5.91 Å². The van der Waals surface area contributed by atoms with Crippen LogP contribution in [0.5, 0.6) is 0 Å². The zero-order valence-electron chi connectivity index (χ0n) is 13.9. The molecule has 122 valence electrons. The third-order valence-electron chi connectivity index (χ3n) is 3.93. The second kappa shape index (κ2) is 9.03. The number of carbonyl (C=O) groups is 2. The van der Waals surface area contributed by atoms with E-state index in [1.54, 1.807) is 6.92 Å². The summed E-state index contributed by atoms with van der Waals surface area (Å²) in [5.74, 6) is 0.428. The molecular formula is C16H30N2O3. The van der Waals surface area contributed by atoms with Gasteiger partial charge < -0.3 is 15.0 Å². The van der Waals surface area contributed by atoms with E-state index in [0.717, 1.165) is 25.9 Å². The number of esters is 1. The van der Waals surface area contributed by atoms with Crippen LogP contribution in [0, 0.1) is 11.8 Å². The van der Waals surface area contributed by atoms with Crippen LogP contribution in [0.3, 0.4) is 0 Å². The summed E-state index contributed by atoms with van der Waals surface area (Å²) in [5.41, 5.74) is 0. The third-order valence-corrected chi connectivity index (χ3v) is 3.93. The highest BCUT2D eigenvalue weighted by Crippen LogP contribution is 2.19. The van der Waals surface area contributed by atoms with Crippen molar-refractivity contribution >= 4 is 11.9 Å². The predicted molar refractivity (Wildman–Crippen MR) is 82.9 cm³/mol. The van der Waals surface area contributed by atoms with Crippen molar-refractivity contribution < 1.29 is 14.3 Å². The number of nitrogens with zero attached hydrogens (tertiary/aromatic N) is 1. The lowest BCUT2D eigenvalue weighted by Gasteiger charge is -2.29. The van der Waals surface area contributed by atoms with E-state index >= 15 is 0 Å². The number of amides is 1. The van der Waals surface area contributed by atoms with Crippen LogP contribution in [0.2, 0.25) is 0 Å². The highest BCUT2D eigenvalue weighted by atomic mass is 16.5. The quantitative estimate of drug-likeness (QED) is 0.728. The maximum Gasteiger partial charge on any atom is 0.328 e. The molecule has 0 spiro atoms. The van der Waals surface area contributed by atoms with Crippen LogP contribution >= 0.6 is 0 Å². The molecule has 0 aromatic heterocycles. The van der Waals surface area contributed by atoms with Gasteiger partial charge in [0.05, 0.1) is 6.61 Å². The lowest BCUT2D eigenvalue weighted by atomic mass is 9.93. The minimum absolute atomic E-state index is 0.0248. The van der Waals surface area contributed by atoms with Gasteiger partial charge in [-0.25, -0.2) is 4.79 Å². The molecule has 0 radical (unpaired) electrons. The zero-order valence-corrected chi connectivity index (χ0v) is 13.9. The Hall–Kier alpha value is -1.10. The minimum atomic E-state index is -0.510. The number of likely N-dealkylation sites (tertiary alicyclic amines) is 1. The molecule has 1 aliphatic heterocycles. The molecule has 0 bridgehead atoms. The maximum absolute atomic E-state index is 12.2. The Morgan fingerprint density at radius 3 is 2.43 bits per heavy atom. The van der Waals surface area contributed by atoms with Crippen molar-refractivity contribution in [3.63, 3.8) is 0 Å². The molecule has 0 aliphatic carbocycles. The van der Waals surface area contributed by atoms with E-state index in [1.807, 2.05) is 13.8 Å². The second-order valence-corrected chi connectivity index (χ2v) is 6.45. The number of ether oxygens (including phenoxy) is 1. The molecule has 0 unspecified atom stereocenters. The zero-order chi connectivity index (χ0) is 15.8. The highest BCUT2D eigenvalue weighted by Gasteiger charge is 2.25. The molecule has 1 rings (SSSR count). The average Bonchev–Trinajstić information content (AvgIpc) is 2.40. The normalized spacial score (nSPS) is 18.5. The molecule has 1 N–H and O–H groups in total. The Balaban J connectivity index is 2.45. The first-order chi connectivity index (χ1) is 9.92. The van der Waals surface area contributed by atoms with Crippen LogP contribution in [0.15, 0.2) is 0 Å². The van der Waals surface area contributed by atoms with Crippen molar-refractivity contribution in [3.05, 3.63) is 0 Å². The summed E-state index contributed by atoms with van der Waals surface area (Å²) in [6, 6.07) is -0.510. The summed E-state index contributed by atoms with van der Waals surface area (Å²) in [7, 11) is 2.11. The first-order valence-electron chi connectivity index (χ1n) is 8.06. The topological polar surface area (TPSA) is 58.6 Å². The van der Waals surface area contributed by atoms with E-state index in [0.29, 0.717) is 31.3 Å². The average molecular weight is 298 g/mol. The molecule has 5 nitrogen and oxygen atoms in total. The number of rotatable bonds is 7. The molecule has 0 aromatic carbocycles. The summed E-state index contributed by atoms with van der Waals surface area (Å²) < 4.78 is 5.05. The van der Waals surface area contributed by atoms with Crippen LogP contribution in [0.4, 0.5) is 0 Å². The fraction of sp³-hybridized carbons (Fsp3) is 0.875. The van der Waals surface area contributed by atoms with Gasteiger partial charge in [0.15, 0.2) is 0 Å². The molecule has 21 heavy (non-hydrogen) atoms. The molecule has 1 saturated heterocycles. The summed E-state index contributed by atoms with van der Waals surface area (Å²) in [4.78, 5) is 26.4. The fourth-order valence-corrected chi connectivity index (χ4v) is 2.71. The standard InChI is InChI=1S/C16H30N2O3/c1-5-21-16(20)14(10-12(2)3)17-15(19)11-13-6-8-18(4)9-7-13/h12-14H,5-11H2,1-4H3,(H,17,19)/t14-/m1/s1. The third kappa shape index (κ3) is 6.93. The molecular weight excluding hydrogens is 268 g/mol. The van der Waals surface area contributed by atoms with Crippen LogP contribution in [-0.2, 0) is 14.3 Å². The van der Waals surface area contributed by atoms with E-state index in [2.05, 4.69) is 17.3 Å². The van der Waals surface area contributed by atoms with Crippen molar-refractivity contribution in [2.45, 2.75) is 52.5 Å². The molecule has 1 amide bonds. The fourth-order valence-electron chi connectivity index (χ4n) is 2.71. The van der Waals surface area contributed by atoms with Crippen molar-refractivity contribution in [1.29, 1.82) is 0 Å². The number of carbonyl (C=O) groups excluding carboxylic acids is 2. The van der Waals surface area contributed by atoms with Crippen LogP contribution in [0.25, 0.3) is 0 Å². The number of nitrogens with one attached hydrogen (secondary N) is 1. The monoisotopic (exact) mass is 298 g/mol.